The van der Waals surface area contributed by atoms with Gasteiger partial charge in [0.2, 0.25) is 0 Å². The lowest BCUT2D eigenvalue weighted by atomic mass is 10.1. The first-order valence-electron chi connectivity index (χ1n) is 7.67. The highest BCUT2D eigenvalue weighted by Crippen LogP contribution is 2.23. The molecule has 5 nitrogen and oxygen atoms in total. The van der Waals surface area contributed by atoms with Gasteiger partial charge in [0, 0.05) is 10.6 Å². The van der Waals surface area contributed by atoms with Crippen LogP contribution < -0.4 is 9.47 Å². The monoisotopic (exact) mass is 362 g/mol. The second-order valence-electron chi connectivity index (χ2n) is 5.43. The second-order valence-corrected chi connectivity index (χ2v) is 5.87. The van der Waals surface area contributed by atoms with E-state index < -0.39 is 12.1 Å². The minimum Gasteiger partial charge on any atom is -0.497 e. The van der Waals surface area contributed by atoms with E-state index in [2.05, 4.69) is 0 Å². The Balaban J connectivity index is 1.91. The van der Waals surface area contributed by atoms with Crippen molar-refractivity contribution in [3.05, 3.63) is 58.6 Å². The average molecular weight is 363 g/mol. The Labute approximate surface area is 151 Å². The van der Waals surface area contributed by atoms with E-state index in [-0.39, 0.29) is 12.4 Å². The number of hydrogen-bond acceptors (Lipinski definition) is 5. The van der Waals surface area contributed by atoms with Crippen LogP contribution in [0, 0.1) is 6.92 Å². The highest BCUT2D eigenvalue weighted by Gasteiger charge is 2.19. The van der Waals surface area contributed by atoms with Gasteiger partial charge in [0.25, 0.3) is 0 Å². The predicted octanol–water partition coefficient (Wildman–Crippen LogP) is 3.85. The number of methoxy groups -OCH3 is 1. The SMILES string of the molecule is COc1cccc(C(=O)COC(=O)C(C)Oc2ccc(Cl)cc2C)c1. The summed E-state index contributed by atoms with van der Waals surface area (Å²) in [5.41, 5.74) is 1.22. The Morgan fingerprint density at radius 1 is 1.16 bits per heavy atom. The molecule has 1 unspecified atom stereocenters. The molecule has 0 fully saturated rings. The van der Waals surface area contributed by atoms with Crippen LogP contribution in [0.2, 0.25) is 5.02 Å². The fraction of sp³-hybridized carbons (Fsp3) is 0.263. The van der Waals surface area contributed by atoms with Crippen molar-refractivity contribution in [2.45, 2.75) is 20.0 Å². The second kappa shape index (κ2) is 8.53. The summed E-state index contributed by atoms with van der Waals surface area (Å²) >= 11 is 5.89. The van der Waals surface area contributed by atoms with Crippen molar-refractivity contribution in [2.24, 2.45) is 0 Å². The number of carbonyl (C=O) groups is 2. The van der Waals surface area contributed by atoms with Gasteiger partial charge in [-0.25, -0.2) is 4.79 Å². The molecule has 132 valence electrons. The van der Waals surface area contributed by atoms with Crippen LogP contribution in [0.5, 0.6) is 11.5 Å². The lowest BCUT2D eigenvalue weighted by Gasteiger charge is -2.15. The maximum Gasteiger partial charge on any atom is 0.347 e. The van der Waals surface area contributed by atoms with E-state index in [9.17, 15) is 9.59 Å². The van der Waals surface area contributed by atoms with Crippen molar-refractivity contribution < 1.29 is 23.8 Å². The van der Waals surface area contributed by atoms with E-state index in [0.29, 0.717) is 22.1 Å². The molecule has 2 rings (SSSR count). The van der Waals surface area contributed by atoms with Crippen LogP contribution >= 0.6 is 11.6 Å². The van der Waals surface area contributed by atoms with Crippen LogP contribution in [-0.4, -0.2) is 31.6 Å². The van der Waals surface area contributed by atoms with E-state index in [0.717, 1.165) is 5.56 Å². The maximum absolute atomic E-state index is 12.1. The zero-order valence-corrected chi connectivity index (χ0v) is 15.0. The normalized spacial score (nSPS) is 11.5. The zero-order chi connectivity index (χ0) is 18.4. The van der Waals surface area contributed by atoms with Gasteiger partial charge < -0.3 is 14.2 Å². The molecule has 0 spiro atoms. The molecule has 0 saturated heterocycles. The summed E-state index contributed by atoms with van der Waals surface area (Å²) in [6, 6.07) is 11.7. The molecule has 1 atom stereocenters. The van der Waals surface area contributed by atoms with E-state index >= 15 is 0 Å². The van der Waals surface area contributed by atoms with Gasteiger partial charge in [0.15, 0.2) is 18.5 Å². The average Bonchev–Trinajstić information content (AvgIpc) is 2.61. The zero-order valence-electron chi connectivity index (χ0n) is 14.2. The van der Waals surface area contributed by atoms with Gasteiger partial charge in [-0.15, -0.1) is 0 Å². The smallest absolute Gasteiger partial charge is 0.347 e. The summed E-state index contributed by atoms with van der Waals surface area (Å²) in [5, 5.41) is 0.587. The Hall–Kier alpha value is -2.53. The Morgan fingerprint density at radius 3 is 2.60 bits per heavy atom. The van der Waals surface area contributed by atoms with Crippen molar-refractivity contribution in [2.75, 3.05) is 13.7 Å². The van der Waals surface area contributed by atoms with Crippen LogP contribution in [0.25, 0.3) is 0 Å². The quantitative estimate of drug-likeness (QED) is 0.553. The first-order valence-corrected chi connectivity index (χ1v) is 8.05. The summed E-state index contributed by atoms with van der Waals surface area (Å²) in [4.78, 5) is 24.1. The van der Waals surface area contributed by atoms with Crippen LogP contribution in [0.4, 0.5) is 0 Å². The Morgan fingerprint density at radius 2 is 1.92 bits per heavy atom. The number of Topliss-reactive ketones (excluding diaryl/α,β-unsaturated/α-hetero) is 1. The molecule has 0 heterocycles. The highest BCUT2D eigenvalue weighted by atomic mass is 35.5. The van der Waals surface area contributed by atoms with E-state index in [1.807, 2.05) is 6.92 Å². The molecule has 0 aliphatic heterocycles. The Bertz CT molecular complexity index is 772. The number of ether oxygens (including phenoxy) is 3. The van der Waals surface area contributed by atoms with Gasteiger partial charge in [-0.2, -0.15) is 0 Å². The van der Waals surface area contributed by atoms with Crippen LogP contribution in [0.15, 0.2) is 42.5 Å². The first-order chi connectivity index (χ1) is 11.9. The molecule has 0 N–H and O–H groups in total. The van der Waals surface area contributed by atoms with Crippen LogP contribution in [0.1, 0.15) is 22.8 Å². The summed E-state index contributed by atoms with van der Waals surface area (Å²) in [6.07, 6.45) is -0.849. The Kier molecular flexibility index (Phi) is 6.42. The molecule has 25 heavy (non-hydrogen) atoms. The number of hydrogen-bond donors (Lipinski definition) is 0. The lowest BCUT2D eigenvalue weighted by molar-refractivity contribution is -0.149. The van der Waals surface area contributed by atoms with Gasteiger partial charge in [0.1, 0.15) is 11.5 Å². The highest BCUT2D eigenvalue weighted by molar-refractivity contribution is 6.30. The molecular formula is C19H19ClO5. The molecule has 0 amide bonds. The lowest BCUT2D eigenvalue weighted by Crippen LogP contribution is -2.28. The minimum atomic E-state index is -0.849. The van der Waals surface area contributed by atoms with Crippen LogP contribution in [-0.2, 0) is 9.53 Å². The third-order valence-corrected chi connectivity index (χ3v) is 3.74. The minimum absolute atomic E-state index is 0.317. The summed E-state index contributed by atoms with van der Waals surface area (Å²) in [7, 11) is 1.52. The summed E-state index contributed by atoms with van der Waals surface area (Å²) < 4.78 is 15.7. The van der Waals surface area contributed by atoms with Gasteiger partial charge >= 0.3 is 5.97 Å². The molecule has 0 aliphatic rings. The van der Waals surface area contributed by atoms with Gasteiger partial charge in [-0.05, 0) is 49.7 Å². The fourth-order valence-corrected chi connectivity index (χ4v) is 2.34. The number of ketones is 1. The molecule has 0 aliphatic carbocycles. The number of aryl methyl sites for hydroxylation is 1. The number of carbonyl (C=O) groups excluding carboxylic acids is 2. The van der Waals surface area contributed by atoms with Crippen molar-refractivity contribution in [3.8, 4) is 11.5 Å². The number of benzene rings is 2. The van der Waals surface area contributed by atoms with Gasteiger partial charge in [-0.1, -0.05) is 23.7 Å². The topological polar surface area (TPSA) is 61.8 Å². The standard InChI is InChI=1S/C19H19ClO5/c1-12-9-15(20)7-8-18(12)25-13(2)19(22)24-11-17(21)14-5-4-6-16(10-14)23-3/h4-10,13H,11H2,1-3H3. The van der Waals surface area contributed by atoms with Crippen molar-refractivity contribution in [3.63, 3.8) is 0 Å². The number of rotatable bonds is 7. The largest absolute Gasteiger partial charge is 0.497 e. The number of halogens is 1. The maximum atomic E-state index is 12.1. The molecule has 0 aromatic heterocycles. The summed E-state index contributed by atoms with van der Waals surface area (Å²) in [5.74, 6) is 0.160. The van der Waals surface area contributed by atoms with E-state index in [1.165, 1.54) is 7.11 Å². The van der Waals surface area contributed by atoms with Crippen LogP contribution in [0.3, 0.4) is 0 Å². The molecular weight excluding hydrogens is 344 g/mol. The van der Waals surface area contributed by atoms with Crippen molar-refractivity contribution in [1.82, 2.24) is 0 Å². The van der Waals surface area contributed by atoms with Crippen molar-refractivity contribution in [1.29, 1.82) is 0 Å². The van der Waals surface area contributed by atoms with Gasteiger partial charge in [-0.3, -0.25) is 4.79 Å². The third-order valence-electron chi connectivity index (χ3n) is 3.51. The molecule has 2 aromatic carbocycles. The fourth-order valence-electron chi connectivity index (χ4n) is 2.12. The molecule has 0 saturated carbocycles. The molecule has 0 radical (unpaired) electrons. The predicted molar refractivity (Wildman–Crippen MR) is 94.6 cm³/mol. The third kappa shape index (κ3) is 5.22. The summed E-state index contributed by atoms with van der Waals surface area (Å²) in [6.45, 7) is 3.03. The number of esters is 1. The first kappa shape index (κ1) is 18.8. The van der Waals surface area contributed by atoms with Gasteiger partial charge in [0.05, 0.1) is 7.11 Å². The van der Waals surface area contributed by atoms with E-state index in [1.54, 1.807) is 49.4 Å². The van der Waals surface area contributed by atoms with Crippen molar-refractivity contribution >= 4 is 23.4 Å². The molecule has 2 aromatic rings. The molecule has 6 heteroatoms. The molecule has 0 bridgehead atoms. The van der Waals surface area contributed by atoms with E-state index in [4.69, 9.17) is 25.8 Å².